The lowest BCUT2D eigenvalue weighted by atomic mass is 10.1. The van der Waals surface area contributed by atoms with Crippen molar-refractivity contribution in [3.8, 4) is 17.0 Å². The van der Waals surface area contributed by atoms with Gasteiger partial charge >= 0.3 is 0 Å². The summed E-state index contributed by atoms with van der Waals surface area (Å²) in [4.78, 5) is 47.9. The molecule has 0 aliphatic carbocycles. The molecule has 0 unspecified atom stereocenters. The molecule has 0 bridgehead atoms. The zero-order valence-electron chi connectivity index (χ0n) is 19.4. The van der Waals surface area contributed by atoms with Crippen LogP contribution in [0.1, 0.15) is 16.9 Å². The van der Waals surface area contributed by atoms with E-state index in [1.54, 1.807) is 52.4 Å². The van der Waals surface area contributed by atoms with Crippen molar-refractivity contribution in [3.63, 3.8) is 0 Å². The molecule has 0 radical (unpaired) electrons. The zero-order chi connectivity index (χ0) is 24.4. The molecule has 2 fully saturated rings. The van der Waals surface area contributed by atoms with Crippen LogP contribution in [-0.2, 0) is 9.59 Å². The number of methoxy groups -OCH3 is 1. The molecule has 10 nitrogen and oxygen atoms in total. The standard InChI is InChI=1S/C25H26N6O4/c1-35-20-6-4-19(5-7-20)31-16-18(13-23(31)32)24(33)29-9-11-30(12-10-29)25(34)22-14-21(27-28-22)17-3-2-8-26-15-17/h2-8,14-15,18H,9-13,16H2,1H3,(H,27,28)/t18-/m1/s1. The molecule has 180 valence electrons. The van der Waals surface area contributed by atoms with Gasteiger partial charge in [-0.05, 0) is 42.5 Å². The van der Waals surface area contributed by atoms with Crippen LogP contribution in [0.4, 0.5) is 5.69 Å². The zero-order valence-corrected chi connectivity index (χ0v) is 19.4. The molecule has 3 amide bonds. The fraction of sp³-hybridized carbons (Fsp3) is 0.320. The SMILES string of the molecule is COc1ccc(N2C[C@H](C(=O)N3CCN(C(=O)c4cc(-c5cccnc5)n[nH]4)CC3)CC2=O)cc1. The van der Waals surface area contributed by atoms with E-state index in [2.05, 4.69) is 15.2 Å². The van der Waals surface area contributed by atoms with E-state index in [0.29, 0.717) is 49.9 Å². The smallest absolute Gasteiger partial charge is 0.272 e. The summed E-state index contributed by atoms with van der Waals surface area (Å²) in [6, 6.07) is 12.7. The third-order valence-electron chi connectivity index (χ3n) is 6.50. The van der Waals surface area contributed by atoms with Crippen LogP contribution in [0.5, 0.6) is 5.75 Å². The molecule has 2 aliphatic rings. The second-order valence-corrected chi connectivity index (χ2v) is 8.63. The third kappa shape index (κ3) is 4.59. The molecule has 1 aromatic carbocycles. The fourth-order valence-corrected chi connectivity index (χ4v) is 4.54. The number of anilines is 1. The lowest BCUT2D eigenvalue weighted by Gasteiger charge is -2.35. The van der Waals surface area contributed by atoms with E-state index < -0.39 is 0 Å². The second kappa shape index (κ2) is 9.57. The van der Waals surface area contributed by atoms with Gasteiger partial charge in [-0.15, -0.1) is 0 Å². The normalized spacial score (nSPS) is 18.1. The topological polar surface area (TPSA) is 112 Å². The number of benzene rings is 1. The predicted molar refractivity (Wildman–Crippen MR) is 128 cm³/mol. The first-order valence-corrected chi connectivity index (χ1v) is 11.5. The Labute approximate surface area is 202 Å². The maximum absolute atomic E-state index is 13.1. The third-order valence-corrected chi connectivity index (χ3v) is 6.50. The van der Waals surface area contributed by atoms with Crippen LogP contribution in [0, 0.1) is 5.92 Å². The minimum absolute atomic E-state index is 0.0399. The average molecular weight is 475 g/mol. The summed E-state index contributed by atoms with van der Waals surface area (Å²) in [5.74, 6) is 0.0692. The molecule has 3 aromatic rings. The Bertz CT molecular complexity index is 1220. The summed E-state index contributed by atoms with van der Waals surface area (Å²) in [6.07, 6.45) is 3.56. The highest BCUT2D eigenvalue weighted by atomic mass is 16.5. The van der Waals surface area contributed by atoms with Gasteiger partial charge in [-0.25, -0.2) is 0 Å². The van der Waals surface area contributed by atoms with E-state index in [1.165, 1.54) is 0 Å². The van der Waals surface area contributed by atoms with Crippen LogP contribution < -0.4 is 9.64 Å². The van der Waals surface area contributed by atoms with Gasteiger partial charge in [0.15, 0.2) is 0 Å². The van der Waals surface area contributed by atoms with Gasteiger partial charge in [0.05, 0.1) is 18.7 Å². The molecule has 1 atom stereocenters. The Balaban J connectivity index is 1.17. The number of carbonyl (C=O) groups excluding carboxylic acids is 3. The van der Waals surface area contributed by atoms with E-state index in [1.807, 2.05) is 24.3 Å². The largest absolute Gasteiger partial charge is 0.497 e. The number of aromatic nitrogens is 3. The molecule has 5 rings (SSSR count). The number of hydrogen-bond acceptors (Lipinski definition) is 6. The van der Waals surface area contributed by atoms with Gasteiger partial charge in [0.1, 0.15) is 11.4 Å². The predicted octanol–water partition coefficient (Wildman–Crippen LogP) is 1.82. The van der Waals surface area contributed by atoms with Crippen LogP contribution >= 0.6 is 0 Å². The van der Waals surface area contributed by atoms with Gasteiger partial charge in [0, 0.05) is 62.8 Å². The number of rotatable bonds is 5. The number of nitrogens with one attached hydrogen (secondary N) is 1. The minimum Gasteiger partial charge on any atom is -0.497 e. The summed E-state index contributed by atoms with van der Waals surface area (Å²) < 4.78 is 5.17. The van der Waals surface area contributed by atoms with Gasteiger partial charge in [-0.2, -0.15) is 5.10 Å². The number of piperazine rings is 1. The molecule has 35 heavy (non-hydrogen) atoms. The molecule has 2 aliphatic heterocycles. The highest BCUT2D eigenvalue weighted by molar-refractivity contribution is 6.00. The van der Waals surface area contributed by atoms with Crippen molar-refractivity contribution >= 4 is 23.4 Å². The number of pyridine rings is 1. The molecule has 1 N–H and O–H groups in total. The average Bonchev–Trinajstić information content (AvgIpc) is 3.56. The first-order valence-electron chi connectivity index (χ1n) is 11.5. The number of amides is 3. The Kier molecular flexibility index (Phi) is 6.17. The van der Waals surface area contributed by atoms with Crippen molar-refractivity contribution in [1.82, 2.24) is 25.0 Å². The van der Waals surface area contributed by atoms with Crippen molar-refractivity contribution in [1.29, 1.82) is 0 Å². The molecular weight excluding hydrogens is 448 g/mol. The quantitative estimate of drug-likeness (QED) is 0.604. The molecule has 2 aromatic heterocycles. The van der Waals surface area contributed by atoms with Crippen molar-refractivity contribution in [3.05, 3.63) is 60.6 Å². The highest BCUT2D eigenvalue weighted by Crippen LogP contribution is 2.28. The van der Waals surface area contributed by atoms with Gasteiger partial charge in [0.2, 0.25) is 11.8 Å². The molecular formula is C25H26N6O4. The van der Waals surface area contributed by atoms with Gasteiger partial charge in [-0.1, -0.05) is 0 Å². The lowest BCUT2D eigenvalue weighted by Crippen LogP contribution is -2.52. The number of hydrogen-bond donors (Lipinski definition) is 1. The van der Waals surface area contributed by atoms with E-state index >= 15 is 0 Å². The van der Waals surface area contributed by atoms with E-state index in [9.17, 15) is 14.4 Å². The van der Waals surface area contributed by atoms with E-state index in [4.69, 9.17) is 4.74 Å². The van der Waals surface area contributed by atoms with Crippen molar-refractivity contribution in [2.45, 2.75) is 6.42 Å². The molecule has 2 saturated heterocycles. The first-order chi connectivity index (χ1) is 17.0. The minimum atomic E-state index is -0.387. The van der Waals surface area contributed by atoms with Crippen LogP contribution in [0.15, 0.2) is 54.9 Å². The number of ether oxygens (including phenoxy) is 1. The van der Waals surface area contributed by atoms with Crippen LogP contribution in [-0.4, -0.2) is 82.5 Å². The summed E-state index contributed by atoms with van der Waals surface area (Å²) in [5, 5.41) is 7.04. The highest BCUT2D eigenvalue weighted by Gasteiger charge is 2.38. The van der Waals surface area contributed by atoms with Crippen LogP contribution in [0.2, 0.25) is 0 Å². The van der Waals surface area contributed by atoms with E-state index in [-0.39, 0.29) is 30.1 Å². The van der Waals surface area contributed by atoms with E-state index in [0.717, 1.165) is 11.3 Å². The van der Waals surface area contributed by atoms with Gasteiger partial charge < -0.3 is 19.4 Å². The summed E-state index contributed by atoms with van der Waals surface area (Å²) in [7, 11) is 1.59. The maximum atomic E-state index is 13.1. The first kappa shape index (κ1) is 22.6. The Morgan fingerprint density at radius 1 is 1.06 bits per heavy atom. The number of carbonyl (C=O) groups is 3. The Morgan fingerprint density at radius 2 is 1.80 bits per heavy atom. The summed E-state index contributed by atoms with van der Waals surface area (Å²) >= 11 is 0. The van der Waals surface area contributed by atoms with Crippen molar-refractivity contribution < 1.29 is 19.1 Å². The lowest BCUT2D eigenvalue weighted by molar-refractivity contribution is -0.137. The van der Waals surface area contributed by atoms with Crippen LogP contribution in [0.25, 0.3) is 11.3 Å². The van der Waals surface area contributed by atoms with Gasteiger partial charge in [0.25, 0.3) is 5.91 Å². The van der Waals surface area contributed by atoms with Crippen LogP contribution in [0.3, 0.4) is 0 Å². The maximum Gasteiger partial charge on any atom is 0.272 e. The Morgan fingerprint density at radius 3 is 2.49 bits per heavy atom. The number of H-pyrrole nitrogens is 1. The summed E-state index contributed by atoms with van der Waals surface area (Å²) in [6.45, 7) is 2.07. The fourth-order valence-electron chi connectivity index (χ4n) is 4.54. The monoisotopic (exact) mass is 474 g/mol. The Hall–Kier alpha value is -4.21. The summed E-state index contributed by atoms with van der Waals surface area (Å²) in [5.41, 5.74) is 2.64. The van der Waals surface area contributed by atoms with Gasteiger partial charge in [-0.3, -0.25) is 24.5 Å². The van der Waals surface area contributed by atoms with Crippen molar-refractivity contribution in [2.75, 3.05) is 44.7 Å². The number of nitrogens with zero attached hydrogens (tertiary/aromatic N) is 5. The molecule has 0 saturated carbocycles. The molecule has 0 spiro atoms. The second-order valence-electron chi connectivity index (χ2n) is 8.63. The molecule has 4 heterocycles. The molecule has 10 heteroatoms. The van der Waals surface area contributed by atoms with Crippen molar-refractivity contribution in [2.24, 2.45) is 5.92 Å². The number of aromatic amines is 1.